The quantitative estimate of drug-likeness (QED) is 0.767. The highest BCUT2D eigenvalue weighted by atomic mass is 16.2. The molecule has 0 saturated carbocycles. The van der Waals surface area contributed by atoms with Gasteiger partial charge in [0.05, 0.1) is 0 Å². The second-order valence-corrected chi connectivity index (χ2v) is 4.44. The zero-order valence-corrected chi connectivity index (χ0v) is 10.8. The van der Waals surface area contributed by atoms with Crippen LogP contribution >= 0.6 is 0 Å². The first-order chi connectivity index (χ1) is 8.15. The van der Waals surface area contributed by atoms with E-state index < -0.39 is 0 Å². The molecule has 0 aliphatic rings. The Morgan fingerprint density at radius 3 is 2.41 bits per heavy atom. The highest BCUT2D eigenvalue weighted by Crippen LogP contribution is 2.07. The topological polar surface area (TPSA) is 46.3 Å². The van der Waals surface area contributed by atoms with Crippen molar-refractivity contribution in [1.29, 1.82) is 0 Å². The van der Waals surface area contributed by atoms with E-state index >= 15 is 0 Å². The minimum absolute atomic E-state index is 0.0951. The molecule has 2 N–H and O–H groups in total. The normalized spacial score (nSPS) is 10.3. The van der Waals surface area contributed by atoms with Gasteiger partial charge in [-0.05, 0) is 38.4 Å². The maximum absolute atomic E-state index is 12.0. The lowest BCUT2D eigenvalue weighted by Gasteiger charge is -2.17. The van der Waals surface area contributed by atoms with Crippen LogP contribution < -0.4 is 5.73 Å². The van der Waals surface area contributed by atoms with E-state index in [0.717, 1.165) is 37.9 Å². The molecule has 3 nitrogen and oxygen atoms in total. The van der Waals surface area contributed by atoms with Gasteiger partial charge in [0.2, 0.25) is 0 Å². The zero-order valence-electron chi connectivity index (χ0n) is 10.8. The van der Waals surface area contributed by atoms with Crippen LogP contribution in [0.25, 0.3) is 0 Å². The van der Waals surface area contributed by atoms with Gasteiger partial charge in [0.15, 0.2) is 0 Å². The molecule has 0 aliphatic carbocycles. The maximum atomic E-state index is 12.0. The third-order valence-corrected chi connectivity index (χ3v) is 2.84. The fourth-order valence-electron chi connectivity index (χ4n) is 1.69. The van der Waals surface area contributed by atoms with E-state index in [-0.39, 0.29) is 5.91 Å². The number of hydrogen-bond donors (Lipinski definition) is 1. The average Bonchev–Trinajstić information content (AvgIpc) is 2.34. The summed E-state index contributed by atoms with van der Waals surface area (Å²) in [5.41, 5.74) is 7.36. The molecular formula is C14H22N2O. The smallest absolute Gasteiger partial charge is 0.253 e. The molecule has 0 saturated heterocycles. The van der Waals surface area contributed by atoms with Crippen molar-refractivity contribution in [2.45, 2.75) is 26.2 Å². The van der Waals surface area contributed by atoms with Gasteiger partial charge in [0, 0.05) is 19.2 Å². The largest absolute Gasteiger partial charge is 0.342 e. The molecule has 17 heavy (non-hydrogen) atoms. The van der Waals surface area contributed by atoms with Crippen LogP contribution in [0.3, 0.4) is 0 Å². The minimum Gasteiger partial charge on any atom is -0.342 e. The Morgan fingerprint density at radius 2 is 1.82 bits per heavy atom. The minimum atomic E-state index is 0.0951. The predicted molar refractivity (Wildman–Crippen MR) is 71.0 cm³/mol. The Bertz CT molecular complexity index is 346. The summed E-state index contributed by atoms with van der Waals surface area (Å²) in [6.07, 6.45) is 3.14. The molecular weight excluding hydrogens is 212 g/mol. The van der Waals surface area contributed by atoms with Gasteiger partial charge >= 0.3 is 0 Å². The summed E-state index contributed by atoms with van der Waals surface area (Å²) in [7, 11) is 1.85. The van der Waals surface area contributed by atoms with Gasteiger partial charge in [-0.2, -0.15) is 0 Å². The first-order valence-electron chi connectivity index (χ1n) is 6.17. The van der Waals surface area contributed by atoms with Crippen molar-refractivity contribution in [3.05, 3.63) is 35.4 Å². The number of amides is 1. The van der Waals surface area contributed by atoms with Crippen LogP contribution in [0.1, 0.15) is 35.2 Å². The average molecular weight is 234 g/mol. The van der Waals surface area contributed by atoms with Crippen molar-refractivity contribution < 1.29 is 4.79 Å². The molecule has 0 spiro atoms. The van der Waals surface area contributed by atoms with Crippen molar-refractivity contribution in [2.24, 2.45) is 5.73 Å². The van der Waals surface area contributed by atoms with Crippen LogP contribution in [0.2, 0.25) is 0 Å². The summed E-state index contributed by atoms with van der Waals surface area (Å²) < 4.78 is 0. The van der Waals surface area contributed by atoms with Gasteiger partial charge in [-0.15, -0.1) is 0 Å². The van der Waals surface area contributed by atoms with Gasteiger partial charge in [0.1, 0.15) is 0 Å². The van der Waals surface area contributed by atoms with Gasteiger partial charge in [0.25, 0.3) is 5.91 Å². The van der Waals surface area contributed by atoms with Crippen LogP contribution in [0.15, 0.2) is 24.3 Å². The number of aryl methyl sites for hydroxylation is 1. The molecule has 0 fully saturated rings. The molecule has 0 aromatic heterocycles. The summed E-state index contributed by atoms with van der Waals surface area (Å²) in [6.45, 7) is 3.55. The Balaban J connectivity index is 2.43. The van der Waals surface area contributed by atoms with Crippen LogP contribution in [-0.4, -0.2) is 30.9 Å². The number of carbonyl (C=O) groups is 1. The lowest BCUT2D eigenvalue weighted by atomic mass is 10.1. The molecule has 0 heterocycles. The first kappa shape index (κ1) is 13.7. The lowest BCUT2D eigenvalue weighted by Crippen LogP contribution is -2.27. The summed E-state index contributed by atoms with van der Waals surface area (Å²) in [5.74, 6) is 0.0951. The number of nitrogens with zero attached hydrogens (tertiary/aromatic N) is 1. The Labute approximate surface area is 104 Å². The molecule has 94 valence electrons. The number of benzene rings is 1. The second-order valence-electron chi connectivity index (χ2n) is 4.44. The number of rotatable bonds is 6. The van der Waals surface area contributed by atoms with Gasteiger partial charge in [-0.25, -0.2) is 0 Å². The second kappa shape index (κ2) is 7.07. The van der Waals surface area contributed by atoms with Crippen molar-refractivity contribution in [1.82, 2.24) is 4.90 Å². The summed E-state index contributed by atoms with van der Waals surface area (Å²) >= 11 is 0. The monoisotopic (exact) mass is 234 g/mol. The highest BCUT2D eigenvalue weighted by Gasteiger charge is 2.10. The summed E-state index contributed by atoms with van der Waals surface area (Å²) in [6, 6.07) is 7.70. The van der Waals surface area contributed by atoms with Crippen molar-refractivity contribution in [3.63, 3.8) is 0 Å². The van der Waals surface area contributed by atoms with Gasteiger partial charge in [-0.1, -0.05) is 24.1 Å². The summed E-state index contributed by atoms with van der Waals surface area (Å²) in [5, 5.41) is 0. The van der Waals surface area contributed by atoms with E-state index in [0.29, 0.717) is 0 Å². The Hall–Kier alpha value is -1.35. The van der Waals surface area contributed by atoms with E-state index in [1.54, 1.807) is 4.90 Å². The number of hydrogen-bond acceptors (Lipinski definition) is 2. The highest BCUT2D eigenvalue weighted by molar-refractivity contribution is 5.94. The molecule has 0 aliphatic heterocycles. The maximum Gasteiger partial charge on any atom is 0.253 e. The van der Waals surface area contributed by atoms with Crippen molar-refractivity contribution in [3.8, 4) is 0 Å². The third kappa shape index (κ3) is 4.57. The SMILES string of the molecule is Cc1ccc(C(=O)N(C)CCCCCN)cc1. The molecule has 1 amide bonds. The molecule has 1 rings (SSSR count). The Kier molecular flexibility index (Phi) is 5.70. The molecule has 0 radical (unpaired) electrons. The third-order valence-electron chi connectivity index (χ3n) is 2.84. The molecule has 0 bridgehead atoms. The van der Waals surface area contributed by atoms with Crippen LogP contribution in [0.5, 0.6) is 0 Å². The van der Waals surface area contributed by atoms with E-state index in [2.05, 4.69) is 0 Å². The molecule has 1 aromatic carbocycles. The number of unbranched alkanes of at least 4 members (excludes halogenated alkanes) is 2. The molecule has 3 heteroatoms. The van der Waals surface area contributed by atoms with Gasteiger partial charge in [-0.3, -0.25) is 4.79 Å². The van der Waals surface area contributed by atoms with E-state index in [1.165, 1.54) is 5.56 Å². The molecule has 0 atom stereocenters. The summed E-state index contributed by atoms with van der Waals surface area (Å²) in [4.78, 5) is 13.8. The van der Waals surface area contributed by atoms with E-state index in [1.807, 2.05) is 38.2 Å². The van der Waals surface area contributed by atoms with E-state index in [9.17, 15) is 4.79 Å². The standard InChI is InChI=1S/C14H22N2O/c1-12-6-8-13(9-7-12)14(17)16(2)11-5-3-4-10-15/h6-9H,3-5,10-11,15H2,1-2H3. The predicted octanol–water partition coefficient (Wildman–Crippen LogP) is 2.20. The fraction of sp³-hybridized carbons (Fsp3) is 0.500. The molecule has 0 unspecified atom stereocenters. The Morgan fingerprint density at radius 1 is 1.18 bits per heavy atom. The van der Waals surface area contributed by atoms with Crippen molar-refractivity contribution in [2.75, 3.05) is 20.1 Å². The fourth-order valence-corrected chi connectivity index (χ4v) is 1.69. The first-order valence-corrected chi connectivity index (χ1v) is 6.17. The number of nitrogens with two attached hydrogens (primary N) is 1. The van der Waals surface area contributed by atoms with Crippen LogP contribution in [0, 0.1) is 6.92 Å². The lowest BCUT2D eigenvalue weighted by molar-refractivity contribution is 0.0792. The zero-order chi connectivity index (χ0) is 12.7. The number of carbonyl (C=O) groups excluding carboxylic acids is 1. The van der Waals surface area contributed by atoms with Crippen molar-refractivity contribution >= 4 is 5.91 Å². The van der Waals surface area contributed by atoms with Crippen LogP contribution in [-0.2, 0) is 0 Å². The van der Waals surface area contributed by atoms with Gasteiger partial charge < -0.3 is 10.6 Å². The van der Waals surface area contributed by atoms with Crippen LogP contribution in [0.4, 0.5) is 0 Å². The van der Waals surface area contributed by atoms with E-state index in [4.69, 9.17) is 5.73 Å². The molecule has 1 aromatic rings.